The quantitative estimate of drug-likeness (QED) is 0.463. The first kappa shape index (κ1) is 18.3. The van der Waals surface area contributed by atoms with Crippen molar-refractivity contribution in [2.24, 2.45) is 0 Å². The zero-order valence-corrected chi connectivity index (χ0v) is 16.9. The van der Waals surface area contributed by atoms with Crippen LogP contribution < -0.4 is 5.63 Å². The number of hydrogen-bond donors (Lipinski definition) is 0. The average molecular weight is 384 g/mol. The van der Waals surface area contributed by atoms with Crippen molar-refractivity contribution in [3.63, 3.8) is 0 Å². The number of benzene rings is 1. The summed E-state index contributed by atoms with van der Waals surface area (Å²) in [6.45, 7) is 6.15. The first-order valence-electron chi connectivity index (χ1n) is 9.61. The van der Waals surface area contributed by atoms with Crippen LogP contribution in [0.25, 0.3) is 11.0 Å². The predicted octanol–water partition coefficient (Wildman–Crippen LogP) is 5.11. The zero-order valence-electron chi connectivity index (χ0n) is 16.1. The van der Waals surface area contributed by atoms with Gasteiger partial charge in [0.1, 0.15) is 11.4 Å². The zero-order chi connectivity index (χ0) is 19.0. The van der Waals surface area contributed by atoms with Gasteiger partial charge in [-0.15, -0.1) is 10.2 Å². The SMILES string of the molecule is Cc1cc2oc(=O)cc(CSc3nnc(C)n3C3CCCCC3)c2cc1C. The van der Waals surface area contributed by atoms with Crippen LogP contribution in [0.3, 0.4) is 0 Å². The van der Waals surface area contributed by atoms with Crippen molar-refractivity contribution in [1.29, 1.82) is 0 Å². The molecule has 0 atom stereocenters. The molecule has 2 aromatic heterocycles. The van der Waals surface area contributed by atoms with E-state index in [1.54, 1.807) is 17.8 Å². The highest BCUT2D eigenvalue weighted by Crippen LogP contribution is 2.34. The van der Waals surface area contributed by atoms with Crippen LogP contribution >= 0.6 is 11.8 Å². The molecule has 1 saturated carbocycles. The van der Waals surface area contributed by atoms with Crippen molar-refractivity contribution in [3.8, 4) is 0 Å². The van der Waals surface area contributed by atoms with Crippen LogP contribution in [0.2, 0.25) is 0 Å². The molecule has 1 aliphatic rings. The van der Waals surface area contributed by atoms with E-state index in [0.717, 1.165) is 27.5 Å². The number of aryl methyl sites for hydroxylation is 3. The number of rotatable bonds is 4. The minimum atomic E-state index is -0.300. The van der Waals surface area contributed by atoms with Crippen molar-refractivity contribution >= 4 is 22.7 Å². The maximum Gasteiger partial charge on any atom is 0.336 e. The van der Waals surface area contributed by atoms with Crippen LogP contribution in [-0.2, 0) is 5.75 Å². The molecule has 1 aliphatic carbocycles. The molecule has 142 valence electrons. The van der Waals surface area contributed by atoms with Crippen LogP contribution in [0.5, 0.6) is 0 Å². The molecule has 5 nitrogen and oxygen atoms in total. The molecule has 27 heavy (non-hydrogen) atoms. The van der Waals surface area contributed by atoms with Crippen molar-refractivity contribution in [2.75, 3.05) is 0 Å². The van der Waals surface area contributed by atoms with Crippen molar-refractivity contribution in [1.82, 2.24) is 14.8 Å². The molecule has 6 heteroatoms. The molecule has 0 amide bonds. The van der Waals surface area contributed by atoms with Gasteiger partial charge in [0.2, 0.25) is 0 Å². The van der Waals surface area contributed by atoms with E-state index in [4.69, 9.17) is 4.42 Å². The first-order valence-corrected chi connectivity index (χ1v) is 10.6. The van der Waals surface area contributed by atoms with Gasteiger partial charge in [-0.1, -0.05) is 31.0 Å². The fourth-order valence-electron chi connectivity index (χ4n) is 3.95. The predicted molar refractivity (Wildman–Crippen MR) is 108 cm³/mol. The maximum atomic E-state index is 12.0. The summed E-state index contributed by atoms with van der Waals surface area (Å²) in [6.07, 6.45) is 6.26. The van der Waals surface area contributed by atoms with E-state index < -0.39 is 0 Å². The summed E-state index contributed by atoms with van der Waals surface area (Å²) >= 11 is 1.66. The highest BCUT2D eigenvalue weighted by molar-refractivity contribution is 7.98. The smallest absolute Gasteiger partial charge is 0.336 e. The Morgan fingerprint density at radius 3 is 2.59 bits per heavy atom. The standard InChI is InChI=1S/C21H25N3O2S/c1-13-9-18-16(11-20(25)26-19(18)10-14(13)2)12-27-21-23-22-15(3)24(21)17-7-5-4-6-8-17/h9-11,17H,4-8,12H2,1-3H3. The lowest BCUT2D eigenvalue weighted by Gasteiger charge is -2.25. The fraction of sp³-hybridized carbons (Fsp3) is 0.476. The fourth-order valence-corrected chi connectivity index (χ4v) is 4.99. The lowest BCUT2D eigenvalue weighted by Crippen LogP contribution is -2.15. The summed E-state index contributed by atoms with van der Waals surface area (Å²) in [4.78, 5) is 12.0. The van der Waals surface area contributed by atoms with E-state index in [-0.39, 0.29) is 5.63 Å². The molecular formula is C21H25N3O2S. The van der Waals surface area contributed by atoms with E-state index in [0.29, 0.717) is 17.4 Å². The molecule has 1 fully saturated rings. The number of hydrogen-bond acceptors (Lipinski definition) is 5. The van der Waals surface area contributed by atoms with Gasteiger partial charge >= 0.3 is 5.63 Å². The number of nitrogens with zero attached hydrogens (tertiary/aromatic N) is 3. The van der Waals surface area contributed by atoms with Crippen LogP contribution in [0.15, 0.2) is 32.6 Å². The minimum Gasteiger partial charge on any atom is -0.423 e. The average Bonchev–Trinajstić information content (AvgIpc) is 3.02. The molecular weight excluding hydrogens is 358 g/mol. The van der Waals surface area contributed by atoms with Gasteiger partial charge < -0.3 is 8.98 Å². The molecule has 0 bridgehead atoms. The van der Waals surface area contributed by atoms with Crippen LogP contribution in [0, 0.1) is 20.8 Å². The largest absolute Gasteiger partial charge is 0.423 e. The van der Waals surface area contributed by atoms with Gasteiger partial charge in [-0.3, -0.25) is 0 Å². The first-order chi connectivity index (χ1) is 13.0. The second-order valence-electron chi connectivity index (χ2n) is 7.50. The minimum absolute atomic E-state index is 0.300. The van der Waals surface area contributed by atoms with Gasteiger partial charge in [-0.05, 0) is 62.4 Å². The Morgan fingerprint density at radius 2 is 1.81 bits per heavy atom. The summed E-state index contributed by atoms with van der Waals surface area (Å²) < 4.78 is 7.71. The topological polar surface area (TPSA) is 60.9 Å². The molecule has 0 radical (unpaired) electrons. The van der Waals surface area contributed by atoms with Crippen LogP contribution in [0.1, 0.15) is 60.7 Å². The molecule has 1 aromatic carbocycles. The molecule has 0 aliphatic heterocycles. The Kier molecular flexibility index (Phi) is 5.08. The maximum absolute atomic E-state index is 12.0. The summed E-state index contributed by atoms with van der Waals surface area (Å²) in [7, 11) is 0. The third kappa shape index (κ3) is 3.68. The molecule has 0 unspecified atom stereocenters. The Balaban J connectivity index is 1.65. The number of thioether (sulfide) groups is 1. The summed E-state index contributed by atoms with van der Waals surface area (Å²) in [5.74, 6) is 1.66. The van der Waals surface area contributed by atoms with E-state index in [9.17, 15) is 4.79 Å². The van der Waals surface area contributed by atoms with Crippen molar-refractivity contribution < 1.29 is 4.42 Å². The highest BCUT2D eigenvalue weighted by atomic mass is 32.2. The van der Waals surface area contributed by atoms with Gasteiger partial charge in [0, 0.05) is 23.2 Å². The monoisotopic (exact) mass is 383 g/mol. The van der Waals surface area contributed by atoms with Crippen LogP contribution in [-0.4, -0.2) is 14.8 Å². The van der Waals surface area contributed by atoms with Gasteiger partial charge in [0.25, 0.3) is 0 Å². The Hall–Kier alpha value is -2.08. The summed E-state index contributed by atoms with van der Waals surface area (Å²) in [6, 6.07) is 6.17. The van der Waals surface area contributed by atoms with Gasteiger partial charge in [-0.25, -0.2) is 4.79 Å². The molecule has 2 heterocycles. The van der Waals surface area contributed by atoms with Crippen LogP contribution in [0.4, 0.5) is 0 Å². The third-order valence-corrected chi connectivity index (χ3v) is 6.57. The van der Waals surface area contributed by atoms with Crippen molar-refractivity contribution in [2.45, 2.75) is 69.8 Å². The van der Waals surface area contributed by atoms with E-state index in [2.05, 4.69) is 27.8 Å². The van der Waals surface area contributed by atoms with E-state index in [1.807, 2.05) is 19.9 Å². The molecule has 3 aromatic rings. The highest BCUT2D eigenvalue weighted by Gasteiger charge is 2.21. The summed E-state index contributed by atoms with van der Waals surface area (Å²) in [5.41, 5.74) is 3.68. The molecule has 4 rings (SSSR count). The third-order valence-electron chi connectivity index (χ3n) is 5.58. The Labute approximate surface area is 163 Å². The lowest BCUT2D eigenvalue weighted by molar-refractivity contribution is 0.332. The van der Waals surface area contributed by atoms with Crippen molar-refractivity contribution in [3.05, 3.63) is 51.1 Å². The van der Waals surface area contributed by atoms with Gasteiger partial charge in [-0.2, -0.15) is 0 Å². The van der Waals surface area contributed by atoms with Gasteiger partial charge in [0.05, 0.1) is 0 Å². The summed E-state index contributed by atoms with van der Waals surface area (Å²) in [5, 5.41) is 10.7. The van der Waals surface area contributed by atoms with E-state index >= 15 is 0 Å². The number of aromatic nitrogens is 3. The normalized spacial score (nSPS) is 15.5. The molecule has 0 saturated heterocycles. The Morgan fingerprint density at radius 1 is 1.07 bits per heavy atom. The molecule has 0 N–H and O–H groups in total. The van der Waals surface area contributed by atoms with E-state index in [1.165, 1.54) is 37.7 Å². The number of fused-ring (bicyclic) bond motifs is 1. The second kappa shape index (κ2) is 7.50. The second-order valence-corrected chi connectivity index (χ2v) is 8.45. The van der Waals surface area contributed by atoms with Gasteiger partial charge in [0.15, 0.2) is 5.16 Å². The lowest BCUT2D eigenvalue weighted by atomic mass is 9.95. The Bertz CT molecular complexity index is 1030. The molecule has 0 spiro atoms.